The molecular weight excluding hydrogens is 178 g/mol. The first-order valence-electron chi connectivity index (χ1n) is 4.98. The van der Waals surface area contributed by atoms with Gasteiger partial charge in [-0.3, -0.25) is 9.97 Å². The highest BCUT2D eigenvalue weighted by atomic mass is 16.5. The highest BCUT2D eigenvalue weighted by Gasteiger charge is 2.18. The molecular formula is C10H15N3O. The average molecular weight is 193 g/mol. The number of aromatic nitrogens is 2. The number of hydrogen-bond acceptors (Lipinski definition) is 4. The van der Waals surface area contributed by atoms with Crippen molar-refractivity contribution in [2.75, 3.05) is 13.1 Å². The molecule has 76 valence electrons. The molecule has 1 aromatic heterocycles. The Kier molecular flexibility index (Phi) is 3.06. The van der Waals surface area contributed by atoms with Crippen LogP contribution in [0.25, 0.3) is 0 Å². The summed E-state index contributed by atoms with van der Waals surface area (Å²) in [5.41, 5.74) is 0.902. The maximum atomic E-state index is 5.83. The van der Waals surface area contributed by atoms with Crippen LogP contribution in [0.2, 0.25) is 0 Å². The summed E-state index contributed by atoms with van der Waals surface area (Å²) in [6, 6.07) is 0. The highest BCUT2D eigenvalue weighted by molar-refractivity contribution is 4.98. The zero-order valence-corrected chi connectivity index (χ0v) is 8.31. The van der Waals surface area contributed by atoms with E-state index in [0.717, 1.165) is 25.2 Å². The molecule has 0 radical (unpaired) electrons. The Morgan fingerprint density at radius 1 is 1.57 bits per heavy atom. The van der Waals surface area contributed by atoms with Crippen LogP contribution in [0.15, 0.2) is 18.6 Å². The topological polar surface area (TPSA) is 47.0 Å². The Morgan fingerprint density at radius 2 is 2.50 bits per heavy atom. The molecule has 4 nitrogen and oxygen atoms in total. The fourth-order valence-corrected chi connectivity index (χ4v) is 1.62. The minimum absolute atomic E-state index is 0.0357. The molecule has 2 heterocycles. The van der Waals surface area contributed by atoms with Gasteiger partial charge in [-0.05, 0) is 19.9 Å². The van der Waals surface area contributed by atoms with Crippen molar-refractivity contribution < 1.29 is 4.74 Å². The first-order chi connectivity index (χ1) is 6.86. The van der Waals surface area contributed by atoms with Crippen LogP contribution in [0.3, 0.4) is 0 Å². The highest BCUT2D eigenvalue weighted by Crippen LogP contribution is 2.17. The summed E-state index contributed by atoms with van der Waals surface area (Å²) in [5, 5.41) is 3.27. The Labute approximate surface area is 83.7 Å². The predicted octanol–water partition coefficient (Wildman–Crippen LogP) is 0.916. The van der Waals surface area contributed by atoms with Crippen LogP contribution < -0.4 is 5.32 Å². The zero-order valence-electron chi connectivity index (χ0n) is 8.31. The third kappa shape index (κ3) is 2.27. The monoisotopic (exact) mass is 193 g/mol. The van der Waals surface area contributed by atoms with Crippen LogP contribution in [0, 0.1) is 0 Å². The largest absolute Gasteiger partial charge is 0.368 e. The predicted molar refractivity (Wildman–Crippen MR) is 52.8 cm³/mol. The fraction of sp³-hybridized carbons (Fsp3) is 0.600. The van der Waals surface area contributed by atoms with E-state index in [1.54, 1.807) is 18.6 Å². The third-order valence-corrected chi connectivity index (χ3v) is 2.41. The summed E-state index contributed by atoms with van der Waals surface area (Å²) in [4.78, 5) is 8.24. The molecule has 1 N–H and O–H groups in total. The average Bonchev–Trinajstić information content (AvgIpc) is 2.72. The van der Waals surface area contributed by atoms with Gasteiger partial charge in [0, 0.05) is 18.9 Å². The molecule has 2 rings (SSSR count). The van der Waals surface area contributed by atoms with Crippen LogP contribution >= 0.6 is 0 Å². The molecule has 0 saturated carbocycles. The van der Waals surface area contributed by atoms with Crippen molar-refractivity contribution in [1.29, 1.82) is 0 Å². The van der Waals surface area contributed by atoms with Crippen LogP contribution in [0.1, 0.15) is 25.1 Å². The van der Waals surface area contributed by atoms with E-state index in [0.29, 0.717) is 6.10 Å². The Morgan fingerprint density at radius 3 is 3.14 bits per heavy atom. The molecule has 1 aromatic rings. The van der Waals surface area contributed by atoms with Gasteiger partial charge in [0.15, 0.2) is 0 Å². The van der Waals surface area contributed by atoms with E-state index in [1.807, 2.05) is 6.92 Å². The minimum atomic E-state index is 0.0357. The fourth-order valence-electron chi connectivity index (χ4n) is 1.62. The Bertz CT molecular complexity index is 272. The lowest BCUT2D eigenvalue weighted by Crippen LogP contribution is -2.19. The van der Waals surface area contributed by atoms with Gasteiger partial charge < -0.3 is 10.1 Å². The van der Waals surface area contributed by atoms with Crippen molar-refractivity contribution >= 4 is 0 Å². The van der Waals surface area contributed by atoms with E-state index in [-0.39, 0.29) is 6.10 Å². The molecule has 0 aromatic carbocycles. The molecule has 0 aliphatic carbocycles. The molecule has 14 heavy (non-hydrogen) atoms. The number of ether oxygens (including phenoxy) is 1. The quantitative estimate of drug-likeness (QED) is 0.775. The van der Waals surface area contributed by atoms with Crippen LogP contribution in [0.5, 0.6) is 0 Å². The van der Waals surface area contributed by atoms with Crippen LogP contribution in [-0.4, -0.2) is 29.2 Å². The molecule has 1 aliphatic rings. The maximum Gasteiger partial charge on any atom is 0.0986 e. The van der Waals surface area contributed by atoms with E-state index < -0.39 is 0 Å². The molecule has 4 heteroatoms. The van der Waals surface area contributed by atoms with Gasteiger partial charge in [0.05, 0.1) is 24.1 Å². The number of hydrogen-bond donors (Lipinski definition) is 1. The van der Waals surface area contributed by atoms with Gasteiger partial charge in [-0.15, -0.1) is 0 Å². The van der Waals surface area contributed by atoms with E-state index in [4.69, 9.17) is 4.74 Å². The standard InChI is InChI=1S/C10H15N3O/c1-8(10-7-12-4-5-13-10)14-9-2-3-11-6-9/h4-5,7-9,11H,2-3,6H2,1H3/t8-,9-/m1/s1. The second kappa shape index (κ2) is 4.48. The van der Waals surface area contributed by atoms with Crippen molar-refractivity contribution in [2.24, 2.45) is 0 Å². The SMILES string of the molecule is C[C@@H](O[C@@H]1CCNC1)c1cnccn1. The van der Waals surface area contributed by atoms with Crippen molar-refractivity contribution in [2.45, 2.75) is 25.6 Å². The van der Waals surface area contributed by atoms with Crippen molar-refractivity contribution in [3.63, 3.8) is 0 Å². The minimum Gasteiger partial charge on any atom is -0.368 e. The third-order valence-electron chi connectivity index (χ3n) is 2.41. The summed E-state index contributed by atoms with van der Waals surface area (Å²) in [6.07, 6.45) is 6.58. The Hall–Kier alpha value is -1.00. The second-order valence-electron chi connectivity index (χ2n) is 3.52. The van der Waals surface area contributed by atoms with Crippen LogP contribution in [0.4, 0.5) is 0 Å². The first kappa shape index (κ1) is 9.55. The lowest BCUT2D eigenvalue weighted by molar-refractivity contribution is 0.00582. The van der Waals surface area contributed by atoms with E-state index in [2.05, 4.69) is 15.3 Å². The van der Waals surface area contributed by atoms with Gasteiger partial charge in [0.2, 0.25) is 0 Å². The van der Waals surface area contributed by atoms with Gasteiger partial charge in [0.1, 0.15) is 0 Å². The van der Waals surface area contributed by atoms with Gasteiger partial charge in [-0.25, -0.2) is 0 Å². The molecule has 0 spiro atoms. The lowest BCUT2D eigenvalue weighted by atomic mass is 10.2. The van der Waals surface area contributed by atoms with Gasteiger partial charge in [0.25, 0.3) is 0 Å². The molecule has 1 fully saturated rings. The first-order valence-corrected chi connectivity index (χ1v) is 4.98. The molecule has 1 saturated heterocycles. The summed E-state index contributed by atoms with van der Waals surface area (Å²) >= 11 is 0. The lowest BCUT2D eigenvalue weighted by Gasteiger charge is -2.16. The summed E-state index contributed by atoms with van der Waals surface area (Å²) in [6.45, 7) is 4.02. The zero-order chi connectivity index (χ0) is 9.80. The Balaban J connectivity index is 1.92. The molecule has 0 bridgehead atoms. The maximum absolute atomic E-state index is 5.83. The number of rotatable bonds is 3. The van der Waals surface area contributed by atoms with Crippen LogP contribution in [-0.2, 0) is 4.74 Å². The van der Waals surface area contributed by atoms with Gasteiger partial charge >= 0.3 is 0 Å². The number of nitrogens with zero attached hydrogens (tertiary/aromatic N) is 2. The molecule has 0 amide bonds. The van der Waals surface area contributed by atoms with E-state index >= 15 is 0 Å². The van der Waals surface area contributed by atoms with Gasteiger partial charge in [-0.2, -0.15) is 0 Å². The van der Waals surface area contributed by atoms with E-state index in [9.17, 15) is 0 Å². The van der Waals surface area contributed by atoms with Crippen molar-refractivity contribution in [3.05, 3.63) is 24.3 Å². The number of nitrogens with one attached hydrogen (secondary N) is 1. The smallest absolute Gasteiger partial charge is 0.0986 e. The van der Waals surface area contributed by atoms with Gasteiger partial charge in [-0.1, -0.05) is 0 Å². The summed E-state index contributed by atoms with van der Waals surface area (Å²) < 4.78 is 5.83. The summed E-state index contributed by atoms with van der Waals surface area (Å²) in [5.74, 6) is 0. The van der Waals surface area contributed by atoms with Crippen molar-refractivity contribution in [1.82, 2.24) is 15.3 Å². The second-order valence-corrected chi connectivity index (χ2v) is 3.52. The normalized spacial score (nSPS) is 23.6. The molecule has 2 atom stereocenters. The summed E-state index contributed by atoms with van der Waals surface area (Å²) in [7, 11) is 0. The molecule has 1 aliphatic heterocycles. The van der Waals surface area contributed by atoms with E-state index in [1.165, 1.54) is 0 Å². The molecule has 0 unspecified atom stereocenters. The van der Waals surface area contributed by atoms with Crippen molar-refractivity contribution in [3.8, 4) is 0 Å².